The lowest BCUT2D eigenvalue weighted by Crippen LogP contribution is -2.64. The molecule has 5 unspecified atom stereocenters. The number of nitrogens with zero attached hydrogens (tertiary/aromatic N) is 1. The van der Waals surface area contributed by atoms with Crippen LogP contribution in [0.25, 0.3) is 0 Å². The number of carbonyl (C=O) groups is 2. The third-order valence-electron chi connectivity index (χ3n) is 12.4. The lowest BCUT2D eigenvalue weighted by Gasteiger charge is -2.63. The number of ether oxygens (including phenoxy) is 2. The number of hydrogen-bond donors (Lipinski definition) is 1. The second-order valence-corrected chi connectivity index (χ2v) is 15.0. The highest BCUT2D eigenvalue weighted by atomic mass is 19.4. The summed E-state index contributed by atoms with van der Waals surface area (Å²) in [5, 5.41) is 3.10. The number of piperidine rings is 1. The molecule has 7 atom stereocenters. The van der Waals surface area contributed by atoms with Crippen molar-refractivity contribution in [2.24, 2.45) is 34.5 Å². The molecule has 4 fully saturated rings. The number of Topliss-reactive ketones (excluding diaryl/α,β-unsaturated/α-hetero) is 1. The largest absolute Gasteiger partial charge is 0.573 e. The number of benzene rings is 2. The van der Waals surface area contributed by atoms with Gasteiger partial charge < -0.3 is 14.8 Å². The Kier molecular flexibility index (Phi) is 9.95. The predicted molar refractivity (Wildman–Crippen MR) is 170 cm³/mol. The fourth-order valence-electron chi connectivity index (χ4n) is 10.1. The van der Waals surface area contributed by atoms with Gasteiger partial charge in [-0.3, -0.25) is 18.9 Å². The minimum atomic E-state index is -4.90. The van der Waals surface area contributed by atoms with Crippen LogP contribution in [0.15, 0.2) is 48.5 Å². The summed E-state index contributed by atoms with van der Waals surface area (Å²) in [6, 6.07) is 9.25. The lowest BCUT2D eigenvalue weighted by atomic mass is 9.48. The molecule has 3 saturated carbocycles. The topological polar surface area (TPSA) is 67.9 Å². The molecule has 0 spiro atoms. The van der Waals surface area contributed by atoms with Crippen molar-refractivity contribution in [3.05, 3.63) is 59.7 Å². The number of rotatable bonds is 9. The smallest absolute Gasteiger partial charge is 0.406 e. The summed E-state index contributed by atoms with van der Waals surface area (Å²) >= 11 is 0. The van der Waals surface area contributed by atoms with E-state index in [1.54, 1.807) is 0 Å². The van der Waals surface area contributed by atoms with Crippen LogP contribution in [-0.4, -0.2) is 55.1 Å². The summed E-state index contributed by atoms with van der Waals surface area (Å²) in [6.45, 7) is 5.38. The van der Waals surface area contributed by atoms with Gasteiger partial charge in [0.05, 0.1) is 12.7 Å². The van der Waals surface area contributed by atoms with Gasteiger partial charge in [-0.15, -0.1) is 26.3 Å². The van der Waals surface area contributed by atoms with E-state index >= 15 is 0 Å². The van der Waals surface area contributed by atoms with Crippen molar-refractivity contribution in [3.63, 3.8) is 0 Å². The van der Waals surface area contributed by atoms with E-state index in [2.05, 4.69) is 33.5 Å². The summed E-state index contributed by atoms with van der Waals surface area (Å²) in [6.07, 6.45) is -4.37. The van der Waals surface area contributed by atoms with Crippen LogP contribution in [0.2, 0.25) is 0 Å². The minimum Gasteiger partial charge on any atom is -0.406 e. The third kappa shape index (κ3) is 7.34. The molecule has 50 heavy (non-hydrogen) atoms. The van der Waals surface area contributed by atoms with Crippen LogP contribution < -0.4 is 14.8 Å². The second-order valence-electron chi connectivity index (χ2n) is 15.0. The monoisotopic (exact) mass is 712 g/mol. The number of carbonyl (C=O) groups excluding carboxylic acids is 2. The molecule has 1 heterocycles. The highest BCUT2D eigenvalue weighted by Crippen LogP contribution is 2.65. The molecule has 2 aromatic carbocycles. The summed E-state index contributed by atoms with van der Waals surface area (Å²) in [5.74, 6) is -0.380. The van der Waals surface area contributed by atoms with Crippen LogP contribution in [0.1, 0.15) is 82.4 Å². The molecule has 3 aliphatic carbocycles. The highest BCUT2D eigenvalue weighted by molar-refractivity contribution is 5.81. The number of nitrogens with one attached hydrogen (secondary N) is 1. The molecule has 1 N–H and O–H groups in total. The van der Waals surface area contributed by atoms with Crippen molar-refractivity contribution in [1.29, 1.82) is 0 Å². The molecule has 13 heteroatoms. The number of alkyl halides is 7. The third-order valence-corrected chi connectivity index (χ3v) is 12.4. The van der Waals surface area contributed by atoms with Crippen LogP contribution >= 0.6 is 0 Å². The van der Waals surface area contributed by atoms with Gasteiger partial charge in [0.15, 0.2) is 0 Å². The summed E-state index contributed by atoms with van der Waals surface area (Å²) < 4.78 is 98.4. The van der Waals surface area contributed by atoms with E-state index < -0.39 is 36.9 Å². The molecule has 1 saturated heterocycles. The van der Waals surface area contributed by atoms with E-state index in [9.17, 15) is 40.3 Å². The fraction of sp³-hybridized carbons (Fsp3) is 0.622. The van der Waals surface area contributed by atoms with Gasteiger partial charge in [0.2, 0.25) is 5.91 Å². The molecular weight excluding hydrogens is 669 g/mol. The molecule has 4 aliphatic rings. The second kappa shape index (κ2) is 13.7. The first-order valence-electron chi connectivity index (χ1n) is 17.3. The summed E-state index contributed by atoms with van der Waals surface area (Å²) in [4.78, 5) is 29.2. The normalized spacial score (nSPS) is 31.5. The Morgan fingerprint density at radius 2 is 1.42 bits per heavy atom. The van der Waals surface area contributed by atoms with Crippen molar-refractivity contribution >= 4 is 11.7 Å². The van der Waals surface area contributed by atoms with Crippen molar-refractivity contribution in [2.75, 3.05) is 19.8 Å². The first kappa shape index (κ1) is 36.4. The van der Waals surface area contributed by atoms with Gasteiger partial charge in [-0.25, -0.2) is 0 Å². The van der Waals surface area contributed by atoms with E-state index in [0.29, 0.717) is 49.3 Å². The van der Waals surface area contributed by atoms with Gasteiger partial charge in [-0.05, 0) is 103 Å². The first-order valence-corrected chi connectivity index (χ1v) is 17.3. The Hall–Kier alpha value is -3.35. The van der Waals surface area contributed by atoms with Crippen molar-refractivity contribution < 1.29 is 49.8 Å². The molecule has 2 aromatic rings. The molecule has 0 aromatic heterocycles. The van der Waals surface area contributed by atoms with Crippen LogP contribution in [0.3, 0.4) is 0 Å². The van der Waals surface area contributed by atoms with Gasteiger partial charge in [0.1, 0.15) is 17.3 Å². The van der Waals surface area contributed by atoms with Crippen molar-refractivity contribution in [1.82, 2.24) is 10.2 Å². The molecule has 1 amide bonds. The van der Waals surface area contributed by atoms with Crippen LogP contribution in [0.4, 0.5) is 30.7 Å². The van der Waals surface area contributed by atoms with Gasteiger partial charge in [-0.2, -0.15) is 0 Å². The quantitative estimate of drug-likeness (QED) is 0.264. The molecule has 6 nitrogen and oxygen atoms in total. The summed E-state index contributed by atoms with van der Waals surface area (Å²) in [7, 11) is 0. The van der Waals surface area contributed by atoms with Gasteiger partial charge >= 0.3 is 12.7 Å². The fourth-order valence-corrected chi connectivity index (χ4v) is 10.1. The standard InChI is InChI=1S/C37H43F7N2O4/c1-34-17-15-29-27(21-46(19-3-18-38)31-20-24(47)14-16-35(29,31)2)28(34)12-13-30(34)33(48)45-32(22-4-8-25(9-5-22)49-36(39,40)41)23-6-10-26(11-7-23)50-37(42,43)44/h4-11,27-32H,3,12-21H2,1-2H3,(H,45,48)/t27?,28?,29?,30?,31?,34-,35+/m0/s1. The zero-order valence-corrected chi connectivity index (χ0v) is 28.1. The Balaban J connectivity index is 1.25. The lowest BCUT2D eigenvalue weighted by molar-refractivity contribution is -0.275. The minimum absolute atomic E-state index is 0.0795. The number of fused-ring (bicyclic) bond motifs is 5. The van der Waals surface area contributed by atoms with Crippen LogP contribution in [0, 0.1) is 34.5 Å². The zero-order valence-electron chi connectivity index (χ0n) is 28.1. The number of ketones is 1. The van der Waals surface area contributed by atoms with Crippen LogP contribution in [0.5, 0.6) is 11.5 Å². The van der Waals surface area contributed by atoms with Gasteiger partial charge in [0.25, 0.3) is 0 Å². The highest BCUT2D eigenvalue weighted by Gasteiger charge is 2.62. The molecule has 0 bridgehead atoms. The van der Waals surface area contributed by atoms with Crippen molar-refractivity contribution in [2.45, 2.75) is 90.0 Å². The Morgan fingerprint density at radius 1 is 0.860 bits per heavy atom. The van der Waals surface area contributed by atoms with Gasteiger partial charge in [0, 0.05) is 37.9 Å². The maximum absolute atomic E-state index is 14.3. The number of hydrogen-bond acceptors (Lipinski definition) is 5. The SMILES string of the molecule is C[C@]12CCC3C(CN(CCCF)C4CC(=O)CC[C@]34C)C1CCC2C(=O)NC(c1ccc(OC(F)(F)F)cc1)c1ccc(OC(F)(F)F)cc1. The zero-order chi connectivity index (χ0) is 36.1. The molecule has 274 valence electrons. The molecule has 6 rings (SSSR count). The maximum Gasteiger partial charge on any atom is 0.573 e. The van der Waals surface area contributed by atoms with E-state index in [1.165, 1.54) is 24.3 Å². The Bertz CT molecular complexity index is 1470. The summed E-state index contributed by atoms with van der Waals surface area (Å²) in [5.41, 5.74) is 0.401. The maximum atomic E-state index is 14.3. The van der Waals surface area contributed by atoms with E-state index in [0.717, 1.165) is 56.5 Å². The molecule has 1 aliphatic heterocycles. The van der Waals surface area contributed by atoms with Gasteiger partial charge in [-0.1, -0.05) is 38.1 Å². The number of halogens is 7. The van der Waals surface area contributed by atoms with Crippen LogP contribution in [-0.2, 0) is 9.59 Å². The van der Waals surface area contributed by atoms with E-state index in [-0.39, 0.29) is 46.3 Å². The Morgan fingerprint density at radius 3 is 1.96 bits per heavy atom. The number of likely N-dealkylation sites (tertiary alicyclic amines) is 1. The molecular formula is C37H43F7N2O4. The molecule has 0 radical (unpaired) electrons. The van der Waals surface area contributed by atoms with E-state index in [1.807, 2.05) is 0 Å². The number of amides is 1. The van der Waals surface area contributed by atoms with E-state index in [4.69, 9.17) is 0 Å². The average Bonchev–Trinajstić information content (AvgIpc) is 3.40. The predicted octanol–water partition coefficient (Wildman–Crippen LogP) is 8.55. The first-order chi connectivity index (χ1) is 23.5. The van der Waals surface area contributed by atoms with Crippen molar-refractivity contribution in [3.8, 4) is 11.5 Å². The average molecular weight is 713 g/mol. The Labute approximate surface area is 287 Å².